The second-order valence-electron chi connectivity index (χ2n) is 9.42. The maximum Gasteiger partial charge on any atom is 0.330 e. The van der Waals surface area contributed by atoms with E-state index in [2.05, 4.69) is 5.32 Å². The smallest absolute Gasteiger partial charge is 0.330 e. The fraction of sp³-hybridized carbons (Fsp3) is 0.385. The third-order valence-electron chi connectivity index (χ3n) is 7.37. The molecule has 2 bridgehead atoms. The molecule has 2 saturated carbocycles. The maximum absolute atomic E-state index is 13.4. The van der Waals surface area contributed by atoms with Gasteiger partial charge in [-0.3, -0.25) is 19.3 Å². The Morgan fingerprint density at radius 1 is 1.00 bits per heavy atom. The minimum absolute atomic E-state index is 0.122. The van der Waals surface area contributed by atoms with Gasteiger partial charge in [0, 0.05) is 11.4 Å². The third kappa shape index (κ3) is 4.55. The molecule has 0 spiro atoms. The van der Waals surface area contributed by atoms with Crippen LogP contribution in [-0.2, 0) is 30.3 Å². The Bertz CT molecular complexity index is 1160. The number of imide groups is 1. The fourth-order valence-corrected chi connectivity index (χ4v) is 6.32. The molecule has 35 heavy (non-hydrogen) atoms. The number of hydrogen-bond donors (Lipinski definition) is 1. The number of rotatable bonds is 7. The van der Waals surface area contributed by atoms with E-state index in [0.717, 1.165) is 29.7 Å². The molecule has 5 atom stereocenters. The van der Waals surface area contributed by atoms with Crippen LogP contribution in [0, 0.1) is 23.7 Å². The van der Waals surface area contributed by atoms with E-state index in [1.54, 1.807) is 6.07 Å². The highest BCUT2D eigenvalue weighted by atomic mass is 35.5. The van der Waals surface area contributed by atoms with E-state index in [0.29, 0.717) is 10.7 Å². The van der Waals surface area contributed by atoms with Crippen LogP contribution >= 0.6 is 23.2 Å². The zero-order valence-electron chi connectivity index (χ0n) is 18.8. The Labute approximate surface area is 212 Å². The molecule has 0 aromatic heterocycles. The predicted molar refractivity (Wildman–Crippen MR) is 130 cm³/mol. The lowest BCUT2D eigenvalue weighted by molar-refractivity contribution is -0.160. The van der Waals surface area contributed by atoms with Gasteiger partial charge in [-0.1, -0.05) is 53.5 Å². The van der Waals surface area contributed by atoms with Crippen LogP contribution in [0.25, 0.3) is 0 Å². The zero-order valence-corrected chi connectivity index (χ0v) is 20.3. The first-order valence-electron chi connectivity index (χ1n) is 11.7. The highest BCUT2D eigenvalue weighted by molar-refractivity contribution is 6.36. The van der Waals surface area contributed by atoms with E-state index in [1.165, 1.54) is 12.1 Å². The summed E-state index contributed by atoms with van der Waals surface area (Å²) >= 11 is 12.0. The van der Waals surface area contributed by atoms with Crippen molar-refractivity contribution in [1.82, 2.24) is 4.90 Å². The summed E-state index contributed by atoms with van der Waals surface area (Å²) in [5.74, 6) is -2.25. The number of amides is 3. The Kier molecular flexibility index (Phi) is 6.55. The fourth-order valence-electron chi connectivity index (χ4n) is 5.87. The Balaban J connectivity index is 1.31. The van der Waals surface area contributed by atoms with E-state index in [4.69, 9.17) is 27.9 Å². The van der Waals surface area contributed by atoms with Crippen LogP contribution in [0.5, 0.6) is 0 Å². The first-order valence-corrected chi connectivity index (χ1v) is 12.4. The van der Waals surface area contributed by atoms with Crippen molar-refractivity contribution in [2.45, 2.75) is 31.7 Å². The minimum atomic E-state index is -1.13. The summed E-state index contributed by atoms with van der Waals surface area (Å²) in [6.45, 7) is -0.586. The lowest BCUT2D eigenvalue weighted by atomic mass is 9.81. The second-order valence-corrected chi connectivity index (χ2v) is 10.3. The van der Waals surface area contributed by atoms with Gasteiger partial charge in [-0.15, -0.1) is 0 Å². The standard InChI is InChI=1S/C26H24Cl2N2O5/c27-17-8-9-19(18(28)12-17)29-21(31)13-35-26(34)20(10-14-4-2-1-3-5-14)30-24(32)22-15-6-7-16(11-15)23(22)25(30)33/h1-5,8-9,12,15-16,20,22-23H,6-7,10-11,13H2,(H,29,31)/t15-,16-,20-,22+,23+/m0/s1. The number of anilines is 1. The van der Waals surface area contributed by atoms with Gasteiger partial charge in [-0.2, -0.15) is 0 Å². The van der Waals surface area contributed by atoms with Crippen molar-refractivity contribution in [3.05, 3.63) is 64.1 Å². The number of likely N-dealkylation sites (tertiary alicyclic amines) is 1. The van der Waals surface area contributed by atoms with Crippen molar-refractivity contribution in [1.29, 1.82) is 0 Å². The Hall–Kier alpha value is -2.90. The molecule has 3 aliphatic rings. The predicted octanol–water partition coefficient (Wildman–Crippen LogP) is 4.12. The number of fused-ring (bicyclic) bond motifs is 5. The van der Waals surface area contributed by atoms with Crippen LogP contribution in [0.3, 0.4) is 0 Å². The lowest BCUT2D eigenvalue weighted by Crippen LogP contribution is -2.48. The SMILES string of the molecule is O=C(COC(=O)[C@H](Cc1ccccc1)N1C(=O)[C@@H]2[C@H]3CC[C@@H](C3)[C@H]2C1=O)Nc1ccc(Cl)cc1Cl. The molecule has 3 fully saturated rings. The van der Waals surface area contributed by atoms with E-state index in [9.17, 15) is 19.2 Å². The molecule has 1 saturated heterocycles. The highest BCUT2D eigenvalue weighted by Crippen LogP contribution is 2.56. The number of halogens is 2. The van der Waals surface area contributed by atoms with Crippen LogP contribution in [0.1, 0.15) is 24.8 Å². The molecule has 7 nitrogen and oxygen atoms in total. The van der Waals surface area contributed by atoms with Gasteiger partial charge in [-0.25, -0.2) is 4.79 Å². The first-order chi connectivity index (χ1) is 16.8. The number of nitrogens with one attached hydrogen (secondary N) is 1. The number of hydrogen-bond acceptors (Lipinski definition) is 5. The average molecular weight is 515 g/mol. The van der Waals surface area contributed by atoms with Gasteiger partial charge in [0.2, 0.25) is 11.8 Å². The number of esters is 1. The largest absolute Gasteiger partial charge is 0.454 e. The summed E-state index contributed by atoms with van der Waals surface area (Å²) in [4.78, 5) is 53.4. The Morgan fingerprint density at radius 3 is 2.29 bits per heavy atom. The number of carbonyl (C=O) groups is 4. The molecule has 0 radical (unpaired) electrons. The molecule has 1 heterocycles. The van der Waals surface area contributed by atoms with E-state index in [-0.39, 0.29) is 46.9 Å². The van der Waals surface area contributed by atoms with E-state index in [1.807, 2.05) is 30.3 Å². The topological polar surface area (TPSA) is 92.8 Å². The first kappa shape index (κ1) is 23.8. The van der Waals surface area contributed by atoms with Crippen LogP contribution in [-0.4, -0.2) is 41.2 Å². The number of nitrogens with zero attached hydrogens (tertiary/aromatic N) is 1. The van der Waals surface area contributed by atoms with Gasteiger partial charge in [0.25, 0.3) is 5.91 Å². The summed E-state index contributed by atoms with van der Waals surface area (Å²) in [6, 6.07) is 12.6. The van der Waals surface area contributed by atoms with Crippen molar-refractivity contribution >= 4 is 52.6 Å². The van der Waals surface area contributed by atoms with E-state index < -0.39 is 24.5 Å². The molecule has 3 amide bonds. The normalized spacial score (nSPS) is 25.5. The van der Waals surface area contributed by atoms with Crippen LogP contribution in [0.2, 0.25) is 10.0 Å². The van der Waals surface area contributed by atoms with Crippen LogP contribution in [0.15, 0.2) is 48.5 Å². The van der Waals surface area contributed by atoms with Gasteiger partial charge >= 0.3 is 5.97 Å². The molecule has 0 unspecified atom stereocenters. The summed E-state index contributed by atoms with van der Waals surface area (Å²) in [7, 11) is 0. The van der Waals surface area contributed by atoms with Gasteiger partial charge in [-0.05, 0) is 54.9 Å². The molecule has 5 rings (SSSR count). The van der Waals surface area contributed by atoms with Gasteiger partial charge in [0.15, 0.2) is 6.61 Å². The van der Waals surface area contributed by atoms with Gasteiger partial charge < -0.3 is 10.1 Å². The second kappa shape index (κ2) is 9.63. The maximum atomic E-state index is 13.4. The molecular formula is C26H24Cl2N2O5. The molecule has 182 valence electrons. The quantitative estimate of drug-likeness (QED) is 0.443. The van der Waals surface area contributed by atoms with Crippen LogP contribution in [0.4, 0.5) is 5.69 Å². The summed E-state index contributed by atoms with van der Waals surface area (Å²) in [6.07, 6.45) is 2.91. The van der Waals surface area contributed by atoms with Crippen molar-refractivity contribution < 1.29 is 23.9 Å². The van der Waals surface area contributed by atoms with Crippen molar-refractivity contribution in [2.24, 2.45) is 23.7 Å². The van der Waals surface area contributed by atoms with Crippen LogP contribution < -0.4 is 5.32 Å². The molecule has 9 heteroatoms. The number of ether oxygens (including phenoxy) is 1. The zero-order chi connectivity index (χ0) is 24.7. The van der Waals surface area contributed by atoms with Gasteiger partial charge in [0.05, 0.1) is 22.5 Å². The van der Waals surface area contributed by atoms with Gasteiger partial charge in [0.1, 0.15) is 6.04 Å². The molecule has 2 aromatic rings. The number of benzene rings is 2. The Morgan fingerprint density at radius 2 is 1.66 bits per heavy atom. The minimum Gasteiger partial charge on any atom is -0.454 e. The summed E-state index contributed by atoms with van der Waals surface area (Å²) in [5.41, 5.74) is 1.11. The number of carbonyl (C=O) groups excluding carboxylic acids is 4. The average Bonchev–Trinajstić information content (AvgIpc) is 3.52. The molecule has 1 aliphatic heterocycles. The van der Waals surface area contributed by atoms with E-state index >= 15 is 0 Å². The molecule has 1 N–H and O–H groups in total. The lowest BCUT2D eigenvalue weighted by Gasteiger charge is -2.26. The van der Waals surface area contributed by atoms with Crippen molar-refractivity contribution in [3.8, 4) is 0 Å². The summed E-state index contributed by atoms with van der Waals surface area (Å²) < 4.78 is 5.31. The monoisotopic (exact) mass is 514 g/mol. The van der Waals surface area contributed by atoms with Crippen molar-refractivity contribution in [3.63, 3.8) is 0 Å². The molecule has 2 aliphatic carbocycles. The third-order valence-corrected chi connectivity index (χ3v) is 7.92. The van der Waals surface area contributed by atoms with Crippen molar-refractivity contribution in [2.75, 3.05) is 11.9 Å². The highest BCUT2D eigenvalue weighted by Gasteiger charge is 2.62. The molecule has 2 aromatic carbocycles. The summed E-state index contributed by atoms with van der Waals surface area (Å²) in [5, 5.41) is 3.23. The molecular weight excluding hydrogens is 491 g/mol.